The van der Waals surface area contributed by atoms with Gasteiger partial charge in [-0.25, -0.2) is 0 Å². The first-order valence-corrected chi connectivity index (χ1v) is 5.69. The zero-order valence-corrected chi connectivity index (χ0v) is 8.89. The van der Waals surface area contributed by atoms with Crippen LogP contribution in [0.1, 0.15) is 45.4 Å². The Hall–Kier alpha value is -0.300. The fourth-order valence-corrected chi connectivity index (χ4v) is 2.00. The lowest BCUT2D eigenvalue weighted by Gasteiger charge is -2.17. The van der Waals surface area contributed by atoms with E-state index in [-0.39, 0.29) is 0 Å². The highest BCUT2D eigenvalue weighted by Crippen LogP contribution is 2.22. The van der Waals surface area contributed by atoms with Crippen LogP contribution in [0.2, 0.25) is 0 Å². The minimum absolute atomic E-state index is 0.475. The van der Waals surface area contributed by atoms with E-state index in [4.69, 9.17) is 0 Å². The van der Waals surface area contributed by atoms with Gasteiger partial charge in [-0.15, -0.1) is 6.58 Å². The predicted octanol–water partition coefficient (Wildman–Crippen LogP) is 3.12. The molecule has 0 aliphatic heterocycles. The quantitative estimate of drug-likeness (QED) is 0.519. The van der Waals surface area contributed by atoms with Crippen molar-refractivity contribution in [2.45, 2.75) is 51.5 Å². The van der Waals surface area contributed by atoms with Crippen LogP contribution in [-0.2, 0) is 0 Å². The third-order valence-corrected chi connectivity index (χ3v) is 3.06. The van der Waals surface area contributed by atoms with Crippen LogP contribution < -0.4 is 5.32 Å². The van der Waals surface area contributed by atoms with Gasteiger partial charge in [-0.2, -0.15) is 0 Å². The van der Waals surface area contributed by atoms with Crippen LogP contribution >= 0.6 is 0 Å². The molecular weight excluding hydrogens is 158 g/mol. The van der Waals surface area contributed by atoms with Crippen molar-refractivity contribution < 1.29 is 0 Å². The lowest BCUT2D eigenvalue weighted by Crippen LogP contribution is -2.29. The van der Waals surface area contributed by atoms with Crippen LogP contribution in [0.15, 0.2) is 12.7 Å². The Morgan fingerprint density at radius 1 is 1.31 bits per heavy atom. The van der Waals surface area contributed by atoms with E-state index in [1.807, 2.05) is 6.08 Å². The lowest BCUT2D eigenvalue weighted by molar-refractivity contribution is 0.416. The van der Waals surface area contributed by atoms with Gasteiger partial charge in [0.1, 0.15) is 0 Å². The molecule has 1 fully saturated rings. The number of hydrogen-bond donors (Lipinski definition) is 1. The van der Waals surface area contributed by atoms with Gasteiger partial charge in [-0.3, -0.25) is 0 Å². The average Bonchev–Trinajstić information content (AvgIpc) is 2.42. The lowest BCUT2D eigenvalue weighted by atomic mass is 10.0. The smallest absolute Gasteiger partial charge is 0.0219 e. The molecule has 0 amide bonds. The molecule has 1 heteroatoms. The van der Waals surface area contributed by atoms with Crippen LogP contribution in [0, 0.1) is 5.92 Å². The van der Waals surface area contributed by atoms with E-state index in [9.17, 15) is 0 Å². The van der Waals surface area contributed by atoms with Gasteiger partial charge in [0.2, 0.25) is 0 Å². The van der Waals surface area contributed by atoms with E-state index in [0.29, 0.717) is 6.04 Å². The van der Waals surface area contributed by atoms with Gasteiger partial charge in [-0.1, -0.05) is 31.8 Å². The first-order valence-electron chi connectivity index (χ1n) is 5.69. The largest absolute Gasteiger partial charge is 0.311 e. The molecule has 0 aromatic heterocycles. The molecule has 1 rings (SSSR count). The summed E-state index contributed by atoms with van der Waals surface area (Å²) in [6.45, 7) is 7.14. The molecule has 0 aromatic rings. The van der Waals surface area contributed by atoms with E-state index >= 15 is 0 Å². The second-order valence-corrected chi connectivity index (χ2v) is 4.29. The van der Waals surface area contributed by atoms with Crippen LogP contribution in [0.4, 0.5) is 0 Å². The summed E-state index contributed by atoms with van der Waals surface area (Å²) in [6, 6.07) is 0.475. The Bertz CT molecular complexity index is 134. The van der Waals surface area contributed by atoms with Crippen LogP contribution in [0.5, 0.6) is 0 Å². The van der Waals surface area contributed by atoms with Crippen molar-refractivity contribution in [3.63, 3.8) is 0 Å². The maximum Gasteiger partial charge on any atom is 0.0219 e. The number of rotatable bonds is 4. The second-order valence-electron chi connectivity index (χ2n) is 4.29. The maximum absolute atomic E-state index is 3.78. The van der Waals surface area contributed by atoms with E-state index < -0.39 is 0 Å². The van der Waals surface area contributed by atoms with Crippen LogP contribution in [0.3, 0.4) is 0 Å². The molecule has 1 unspecified atom stereocenters. The highest BCUT2D eigenvalue weighted by molar-refractivity contribution is 4.82. The van der Waals surface area contributed by atoms with Crippen molar-refractivity contribution in [2.75, 3.05) is 6.54 Å². The fourth-order valence-electron chi connectivity index (χ4n) is 2.00. The highest BCUT2D eigenvalue weighted by atomic mass is 14.9. The molecule has 76 valence electrons. The van der Waals surface area contributed by atoms with Gasteiger partial charge >= 0.3 is 0 Å². The van der Waals surface area contributed by atoms with E-state index in [2.05, 4.69) is 18.8 Å². The van der Waals surface area contributed by atoms with Crippen molar-refractivity contribution in [2.24, 2.45) is 5.92 Å². The summed E-state index contributed by atoms with van der Waals surface area (Å²) in [5, 5.41) is 3.51. The van der Waals surface area contributed by atoms with E-state index in [1.54, 1.807) is 0 Å². The summed E-state index contributed by atoms with van der Waals surface area (Å²) in [4.78, 5) is 0. The van der Waals surface area contributed by atoms with Crippen molar-refractivity contribution in [3.8, 4) is 0 Å². The number of nitrogens with one attached hydrogen (secondary N) is 1. The molecule has 0 spiro atoms. The van der Waals surface area contributed by atoms with Gasteiger partial charge in [0.15, 0.2) is 0 Å². The molecular formula is C12H23N. The zero-order chi connectivity index (χ0) is 9.52. The molecule has 0 saturated heterocycles. The van der Waals surface area contributed by atoms with E-state index in [0.717, 1.165) is 5.92 Å². The summed E-state index contributed by atoms with van der Waals surface area (Å²) in [5.41, 5.74) is 0. The van der Waals surface area contributed by atoms with Gasteiger partial charge in [0.05, 0.1) is 0 Å². The van der Waals surface area contributed by atoms with Gasteiger partial charge in [0.25, 0.3) is 0 Å². The first-order chi connectivity index (χ1) is 6.33. The Kier molecular flexibility index (Phi) is 5.14. The first kappa shape index (κ1) is 10.8. The van der Waals surface area contributed by atoms with Gasteiger partial charge < -0.3 is 5.32 Å². The highest BCUT2D eigenvalue weighted by Gasteiger charge is 2.11. The predicted molar refractivity (Wildman–Crippen MR) is 58.9 cm³/mol. The minimum Gasteiger partial charge on any atom is -0.311 e. The molecule has 0 radical (unpaired) electrons. The molecule has 13 heavy (non-hydrogen) atoms. The van der Waals surface area contributed by atoms with Crippen molar-refractivity contribution in [1.82, 2.24) is 5.32 Å². The third kappa shape index (κ3) is 4.47. The minimum atomic E-state index is 0.475. The maximum atomic E-state index is 3.78. The van der Waals surface area contributed by atoms with Gasteiger partial charge in [-0.05, 0) is 32.2 Å². The monoisotopic (exact) mass is 181 g/mol. The standard InChI is InChI=1S/C12H23N/c1-3-11(2)13-10-12-8-6-4-5-7-9-12/h3,11-13H,1,4-10H2,2H3. The molecule has 1 nitrogen and oxygen atoms in total. The second kappa shape index (κ2) is 6.20. The Labute approximate surface area is 82.6 Å². The van der Waals surface area contributed by atoms with Gasteiger partial charge in [0, 0.05) is 6.04 Å². The molecule has 1 atom stereocenters. The molecule has 1 aliphatic rings. The Balaban J connectivity index is 2.14. The molecule has 0 bridgehead atoms. The SMILES string of the molecule is C=CC(C)NCC1CCCCCC1. The third-order valence-electron chi connectivity index (χ3n) is 3.06. The summed E-state index contributed by atoms with van der Waals surface area (Å²) in [7, 11) is 0. The van der Waals surface area contributed by atoms with Crippen LogP contribution in [-0.4, -0.2) is 12.6 Å². The molecule has 0 aromatic carbocycles. The molecule has 1 aliphatic carbocycles. The summed E-state index contributed by atoms with van der Waals surface area (Å²) in [5.74, 6) is 0.921. The summed E-state index contributed by atoms with van der Waals surface area (Å²) in [6.07, 6.45) is 10.6. The molecule has 0 heterocycles. The topological polar surface area (TPSA) is 12.0 Å². The van der Waals surface area contributed by atoms with E-state index in [1.165, 1.54) is 45.1 Å². The normalized spacial score (nSPS) is 22.2. The van der Waals surface area contributed by atoms with Crippen LogP contribution in [0.25, 0.3) is 0 Å². The fraction of sp³-hybridized carbons (Fsp3) is 0.833. The average molecular weight is 181 g/mol. The van der Waals surface area contributed by atoms with Crippen molar-refractivity contribution in [1.29, 1.82) is 0 Å². The Morgan fingerprint density at radius 3 is 2.46 bits per heavy atom. The van der Waals surface area contributed by atoms with Crippen molar-refractivity contribution >= 4 is 0 Å². The zero-order valence-electron chi connectivity index (χ0n) is 8.89. The van der Waals surface area contributed by atoms with Crippen molar-refractivity contribution in [3.05, 3.63) is 12.7 Å². The summed E-state index contributed by atoms with van der Waals surface area (Å²) < 4.78 is 0. The molecule has 1 saturated carbocycles. The molecule has 1 N–H and O–H groups in total. The number of hydrogen-bond acceptors (Lipinski definition) is 1. The summed E-state index contributed by atoms with van der Waals surface area (Å²) >= 11 is 0. The Morgan fingerprint density at radius 2 is 1.92 bits per heavy atom.